The SMILES string of the molecule is O=C(NCc1cccc(N2CCCC2=O)c1)[C@@H]1C[C@H]1c1ccco1. The van der Waals surface area contributed by atoms with Gasteiger partial charge < -0.3 is 14.6 Å². The van der Waals surface area contributed by atoms with Crippen molar-refractivity contribution in [3.8, 4) is 0 Å². The van der Waals surface area contributed by atoms with Crippen molar-refractivity contribution >= 4 is 17.5 Å². The Morgan fingerprint density at radius 1 is 1.29 bits per heavy atom. The van der Waals surface area contributed by atoms with Gasteiger partial charge in [-0.25, -0.2) is 0 Å². The average molecular weight is 324 g/mol. The third-order valence-electron chi connectivity index (χ3n) is 4.80. The number of carbonyl (C=O) groups excluding carboxylic acids is 2. The standard InChI is InChI=1S/C19H20N2O3/c22-18-7-2-8-21(18)14-5-1-4-13(10-14)12-20-19(23)16-11-15(16)17-6-3-9-24-17/h1,3-6,9-10,15-16H,2,7-8,11-12H2,(H,20,23)/t15-,16-/m1/s1. The van der Waals surface area contributed by atoms with Crippen molar-refractivity contribution in [2.45, 2.75) is 31.7 Å². The number of nitrogens with one attached hydrogen (secondary N) is 1. The van der Waals surface area contributed by atoms with Gasteiger partial charge in [-0.1, -0.05) is 12.1 Å². The summed E-state index contributed by atoms with van der Waals surface area (Å²) < 4.78 is 5.37. The summed E-state index contributed by atoms with van der Waals surface area (Å²) in [5.41, 5.74) is 1.93. The minimum Gasteiger partial charge on any atom is -0.469 e. The Balaban J connectivity index is 1.35. The first-order chi connectivity index (χ1) is 11.7. The molecule has 0 unspecified atom stereocenters. The minimum absolute atomic E-state index is 0.0134. The van der Waals surface area contributed by atoms with Crippen molar-refractivity contribution in [3.63, 3.8) is 0 Å². The highest BCUT2D eigenvalue weighted by Crippen LogP contribution is 2.47. The molecule has 1 aliphatic heterocycles. The highest BCUT2D eigenvalue weighted by molar-refractivity contribution is 5.95. The number of furan rings is 1. The minimum atomic E-state index is 0.0134. The molecule has 5 nitrogen and oxygen atoms in total. The summed E-state index contributed by atoms with van der Waals surface area (Å²) >= 11 is 0. The van der Waals surface area contributed by atoms with Crippen molar-refractivity contribution in [1.82, 2.24) is 5.32 Å². The highest BCUT2D eigenvalue weighted by atomic mass is 16.3. The lowest BCUT2D eigenvalue weighted by molar-refractivity contribution is -0.122. The summed E-state index contributed by atoms with van der Waals surface area (Å²) in [4.78, 5) is 25.9. The molecule has 1 aliphatic carbocycles. The van der Waals surface area contributed by atoms with Crippen LogP contribution in [0.25, 0.3) is 0 Å². The molecule has 1 aromatic heterocycles. The summed E-state index contributed by atoms with van der Waals surface area (Å²) in [6.07, 6.45) is 4.03. The third-order valence-corrected chi connectivity index (χ3v) is 4.80. The van der Waals surface area contributed by atoms with Crippen molar-refractivity contribution in [1.29, 1.82) is 0 Å². The van der Waals surface area contributed by atoms with E-state index in [0.717, 1.165) is 36.4 Å². The van der Waals surface area contributed by atoms with Gasteiger partial charge in [-0.15, -0.1) is 0 Å². The van der Waals surface area contributed by atoms with Gasteiger partial charge in [0.1, 0.15) is 5.76 Å². The number of amides is 2. The lowest BCUT2D eigenvalue weighted by Crippen LogP contribution is -2.26. The second-order valence-electron chi connectivity index (χ2n) is 6.50. The van der Waals surface area contributed by atoms with E-state index in [4.69, 9.17) is 4.42 Å². The van der Waals surface area contributed by atoms with Gasteiger partial charge in [-0.2, -0.15) is 0 Å². The van der Waals surface area contributed by atoms with Crippen LogP contribution in [0.5, 0.6) is 0 Å². The van der Waals surface area contributed by atoms with Crippen molar-refractivity contribution in [2.24, 2.45) is 5.92 Å². The Kier molecular flexibility index (Phi) is 3.84. The zero-order valence-corrected chi connectivity index (χ0v) is 13.4. The molecule has 2 fully saturated rings. The highest BCUT2D eigenvalue weighted by Gasteiger charge is 2.45. The molecule has 0 radical (unpaired) electrons. The second kappa shape index (κ2) is 6.15. The normalized spacial score (nSPS) is 22.7. The van der Waals surface area contributed by atoms with Crippen LogP contribution in [0.1, 0.15) is 36.5 Å². The third kappa shape index (κ3) is 2.94. The van der Waals surface area contributed by atoms with Gasteiger partial charge in [0.2, 0.25) is 11.8 Å². The van der Waals surface area contributed by atoms with E-state index in [-0.39, 0.29) is 23.7 Å². The van der Waals surface area contributed by atoms with Crippen LogP contribution < -0.4 is 10.2 Å². The van der Waals surface area contributed by atoms with Crippen LogP contribution in [0.3, 0.4) is 0 Å². The Morgan fingerprint density at radius 3 is 2.96 bits per heavy atom. The van der Waals surface area contributed by atoms with E-state index in [1.165, 1.54) is 0 Å². The van der Waals surface area contributed by atoms with Crippen LogP contribution in [-0.2, 0) is 16.1 Å². The van der Waals surface area contributed by atoms with E-state index >= 15 is 0 Å². The number of anilines is 1. The molecule has 2 atom stereocenters. The quantitative estimate of drug-likeness (QED) is 0.920. The van der Waals surface area contributed by atoms with Crippen molar-refractivity contribution < 1.29 is 14.0 Å². The topological polar surface area (TPSA) is 62.6 Å². The molecule has 1 aromatic carbocycles. The Hall–Kier alpha value is -2.56. The van der Waals surface area contributed by atoms with E-state index in [1.54, 1.807) is 6.26 Å². The summed E-state index contributed by atoms with van der Waals surface area (Å²) in [6, 6.07) is 11.6. The first-order valence-corrected chi connectivity index (χ1v) is 8.43. The fourth-order valence-corrected chi connectivity index (χ4v) is 3.38. The van der Waals surface area contributed by atoms with Gasteiger partial charge >= 0.3 is 0 Å². The smallest absolute Gasteiger partial charge is 0.227 e. The van der Waals surface area contributed by atoms with Gasteiger partial charge in [0.15, 0.2) is 0 Å². The average Bonchev–Trinajstić information content (AvgIpc) is 3.00. The monoisotopic (exact) mass is 324 g/mol. The van der Waals surface area contributed by atoms with Gasteiger partial charge in [-0.05, 0) is 42.7 Å². The fraction of sp³-hybridized carbons (Fsp3) is 0.368. The maximum atomic E-state index is 12.3. The number of carbonyl (C=O) groups is 2. The summed E-state index contributed by atoms with van der Waals surface area (Å²) in [7, 11) is 0. The number of rotatable bonds is 5. The second-order valence-corrected chi connectivity index (χ2v) is 6.50. The molecular weight excluding hydrogens is 304 g/mol. The van der Waals surface area contributed by atoms with E-state index < -0.39 is 0 Å². The zero-order chi connectivity index (χ0) is 16.5. The molecular formula is C19H20N2O3. The van der Waals surface area contributed by atoms with Crippen LogP contribution in [0.15, 0.2) is 47.1 Å². The summed E-state index contributed by atoms with van der Waals surface area (Å²) in [6.45, 7) is 1.26. The van der Waals surface area contributed by atoms with Crippen LogP contribution in [0.2, 0.25) is 0 Å². The van der Waals surface area contributed by atoms with Crippen LogP contribution in [0.4, 0.5) is 5.69 Å². The Morgan fingerprint density at radius 2 is 2.21 bits per heavy atom. The van der Waals surface area contributed by atoms with Crippen LogP contribution >= 0.6 is 0 Å². The predicted octanol–water partition coefficient (Wildman–Crippen LogP) is 2.83. The van der Waals surface area contributed by atoms with E-state index in [9.17, 15) is 9.59 Å². The molecule has 2 amide bonds. The molecule has 2 heterocycles. The number of benzene rings is 1. The van der Waals surface area contributed by atoms with Crippen LogP contribution in [-0.4, -0.2) is 18.4 Å². The molecule has 5 heteroatoms. The molecule has 2 aliphatic rings. The van der Waals surface area contributed by atoms with E-state index in [2.05, 4.69) is 5.32 Å². The number of nitrogens with zero attached hydrogens (tertiary/aromatic N) is 1. The van der Waals surface area contributed by atoms with Gasteiger partial charge in [-0.3, -0.25) is 9.59 Å². The molecule has 1 saturated heterocycles. The molecule has 2 aromatic rings. The fourth-order valence-electron chi connectivity index (χ4n) is 3.38. The summed E-state index contributed by atoms with van der Waals surface area (Å²) in [5, 5.41) is 3.00. The number of hydrogen-bond acceptors (Lipinski definition) is 3. The van der Waals surface area contributed by atoms with Gasteiger partial charge in [0.05, 0.1) is 6.26 Å². The molecule has 1 N–H and O–H groups in total. The molecule has 0 spiro atoms. The molecule has 0 bridgehead atoms. The first-order valence-electron chi connectivity index (χ1n) is 8.43. The molecule has 4 rings (SSSR count). The van der Waals surface area contributed by atoms with Crippen molar-refractivity contribution in [2.75, 3.05) is 11.4 Å². The van der Waals surface area contributed by atoms with Gasteiger partial charge in [0.25, 0.3) is 0 Å². The molecule has 1 saturated carbocycles. The molecule has 124 valence electrons. The van der Waals surface area contributed by atoms with Gasteiger partial charge in [0, 0.05) is 37.0 Å². The van der Waals surface area contributed by atoms with Crippen molar-refractivity contribution in [3.05, 3.63) is 54.0 Å². The predicted molar refractivity (Wildman–Crippen MR) is 89.4 cm³/mol. The van der Waals surface area contributed by atoms with Crippen LogP contribution in [0, 0.1) is 5.92 Å². The lowest BCUT2D eigenvalue weighted by atomic mass is 10.1. The summed E-state index contributed by atoms with van der Waals surface area (Å²) in [5.74, 6) is 1.37. The molecule has 24 heavy (non-hydrogen) atoms. The Bertz CT molecular complexity index is 754. The zero-order valence-electron chi connectivity index (χ0n) is 13.4. The first kappa shape index (κ1) is 15.0. The Labute approximate surface area is 140 Å². The largest absolute Gasteiger partial charge is 0.469 e. The lowest BCUT2D eigenvalue weighted by Gasteiger charge is -2.16. The van der Waals surface area contributed by atoms with E-state index in [1.807, 2.05) is 41.3 Å². The maximum absolute atomic E-state index is 12.3. The maximum Gasteiger partial charge on any atom is 0.227 e. The number of hydrogen-bond donors (Lipinski definition) is 1. The van der Waals surface area contributed by atoms with E-state index in [0.29, 0.717) is 13.0 Å².